The number of esters is 2. The van der Waals surface area contributed by atoms with Crippen LogP contribution in [0.1, 0.15) is 28.2 Å². The van der Waals surface area contributed by atoms with Crippen molar-refractivity contribution < 1.29 is 28.6 Å². The largest absolute Gasteiger partial charge is 0.497 e. The number of carbonyl (C=O) groups excluding carboxylic acids is 3. The van der Waals surface area contributed by atoms with Crippen molar-refractivity contribution in [1.29, 1.82) is 0 Å². The number of ketones is 1. The molecule has 0 spiro atoms. The van der Waals surface area contributed by atoms with Crippen molar-refractivity contribution in [2.45, 2.75) is 18.4 Å². The average Bonchev–Trinajstić information content (AvgIpc) is 3.27. The molecule has 136 valence electrons. The minimum absolute atomic E-state index is 0.186. The number of hydrogen-bond acceptors (Lipinski definition) is 6. The smallest absolute Gasteiger partial charge is 0.329 e. The summed E-state index contributed by atoms with van der Waals surface area (Å²) in [6, 6.07) is 9.97. The zero-order valence-corrected chi connectivity index (χ0v) is 14.8. The fourth-order valence-electron chi connectivity index (χ4n) is 3.42. The van der Waals surface area contributed by atoms with E-state index in [0.29, 0.717) is 29.2 Å². The Balaban J connectivity index is 2.03. The summed E-state index contributed by atoms with van der Waals surface area (Å²) < 4.78 is 16.5. The summed E-state index contributed by atoms with van der Waals surface area (Å²) in [5.41, 5.74) is -0.240. The van der Waals surface area contributed by atoms with Gasteiger partial charge in [0.05, 0.1) is 27.0 Å². The Labute approximate surface area is 150 Å². The Kier molecular flexibility index (Phi) is 4.54. The third-order valence-electron chi connectivity index (χ3n) is 4.78. The van der Waals surface area contributed by atoms with E-state index in [1.807, 2.05) is 0 Å². The number of methoxy groups -OCH3 is 3. The predicted molar refractivity (Wildman–Crippen MR) is 91.2 cm³/mol. The van der Waals surface area contributed by atoms with Gasteiger partial charge in [-0.1, -0.05) is 0 Å². The SMILES string of the molecule is COC(=O)C1(C(=O)OC)CCn2c(C(=O)c3ccc(OC)cc3)ccc21. The number of ether oxygens (including phenoxy) is 3. The second-order valence-corrected chi connectivity index (χ2v) is 5.95. The van der Waals surface area contributed by atoms with Crippen LogP contribution in [0.3, 0.4) is 0 Å². The summed E-state index contributed by atoms with van der Waals surface area (Å²) in [5, 5.41) is 0. The Morgan fingerprint density at radius 1 is 0.923 bits per heavy atom. The van der Waals surface area contributed by atoms with Crippen LogP contribution in [0.15, 0.2) is 36.4 Å². The Bertz CT molecular complexity index is 849. The maximum Gasteiger partial charge on any atom is 0.329 e. The highest BCUT2D eigenvalue weighted by molar-refractivity contribution is 6.10. The van der Waals surface area contributed by atoms with Gasteiger partial charge in [0.25, 0.3) is 0 Å². The van der Waals surface area contributed by atoms with Crippen molar-refractivity contribution >= 4 is 17.7 Å². The van der Waals surface area contributed by atoms with Crippen LogP contribution in [0.2, 0.25) is 0 Å². The molecule has 0 N–H and O–H groups in total. The Hall–Kier alpha value is -3.09. The fraction of sp³-hybridized carbons (Fsp3) is 0.316. The van der Waals surface area contributed by atoms with E-state index in [-0.39, 0.29) is 12.2 Å². The number of benzene rings is 1. The predicted octanol–water partition coefficient (Wildman–Crippen LogP) is 1.72. The van der Waals surface area contributed by atoms with Gasteiger partial charge in [-0.05, 0) is 42.8 Å². The first kappa shape index (κ1) is 17.7. The monoisotopic (exact) mass is 357 g/mol. The molecule has 0 aliphatic carbocycles. The zero-order chi connectivity index (χ0) is 18.9. The number of carbonyl (C=O) groups is 3. The molecule has 2 heterocycles. The van der Waals surface area contributed by atoms with Crippen molar-refractivity contribution in [1.82, 2.24) is 4.57 Å². The lowest BCUT2D eigenvalue weighted by atomic mass is 9.83. The lowest BCUT2D eigenvalue weighted by Gasteiger charge is -2.22. The second kappa shape index (κ2) is 6.67. The number of hydrogen-bond donors (Lipinski definition) is 0. The van der Waals surface area contributed by atoms with E-state index < -0.39 is 17.4 Å². The van der Waals surface area contributed by atoms with Gasteiger partial charge in [0, 0.05) is 17.8 Å². The molecule has 7 nitrogen and oxygen atoms in total. The van der Waals surface area contributed by atoms with E-state index in [9.17, 15) is 14.4 Å². The maximum atomic E-state index is 12.9. The van der Waals surface area contributed by atoms with Crippen LogP contribution < -0.4 is 4.74 Å². The number of rotatable bonds is 5. The van der Waals surface area contributed by atoms with Crippen molar-refractivity contribution in [2.75, 3.05) is 21.3 Å². The van der Waals surface area contributed by atoms with Gasteiger partial charge in [0.1, 0.15) is 5.75 Å². The minimum Gasteiger partial charge on any atom is -0.497 e. The summed E-state index contributed by atoms with van der Waals surface area (Å²) in [4.78, 5) is 37.6. The lowest BCUT2D eigenvalue weighted by Crippen LogP contribution is -2.43. The topological polar surface area (TPSA) is 83.8 Å². The van der Waals surface area contributed by atoms with E-state index >= 15 is 0 Å². The summed E-state index contributed by atoms with van der Waals surface area (Å²) in [6.07, 6.45) is 0.186. The molecule has 1 aromatic heterocycles. The van der Waals surface area contributed by atoms with Gasteiger partial charge in [0.2, 0.25) is 11.2 Å². The molecule has 2 aromatic rings. The Morgan fingerprint density at radius 3 is 2.08 bits per heavy atom. The molecule has 0 unspecified atom stereocenters. The lowest BCUT2D eigenvalue weighted by molar-refractivity contribution is -0.161. The van der Waals surface area contributed by atoms with Crippen LogP contribution in [0.5, 0.6) is 5.75 Å². The van der Waals surface area contributed by atoms with Gasteiger partial charge in [0.15, 0.2) is 0 Å². The molecule has 0 saturated heterocycles. The fourth-order valence-corrected chi connectivity index (χ4v) is 3.42. The first-order valence-electron chi connectivity index (χ1n) is 8.05. The van der Waals surface area contributed by atoms with Crippen molar-refractivity contribution in [3.8, 4) is 5.75 Å². The molecule has 1 aliphatic rings. The van der Waals surface area contributed by atoms with Crippen molar-refractivity contribution in [2.24, 2.45) is 0 Å². The molecule has 7 heteroatoms. The molecule has 0 fully saturated rings. The number of fused-ring (bicyclic) bond motifs is 1. The minimum atomic E-state index is -1.54. The molecule has 26 heavy (non-hydrogen) atoms. The molecular formula is C19H19NO6. The maximum absolute atomic E-state index is 12.9. The second-order valence-electron chi connectivity index (χ2n) is 5.95. The number of nitrogens with zero attached hydrogens (tertiary/aromatic N) is 1. The van der Waals surface area contributed by atoms with E-state index in [0.717, 1.165) is 0 Å². The molecule has 1 aliphatic heterocycles. The van der Waals surface area contributed by atoms with Crippen molar-refractivity contribution in [3.63, 3.8) is 0 Å². The highest BCUT2D eigenvalue weighted by Crippen LogP contribution is 2.39. The van der Waals surface area contributed by atoms with Gasteiger partial charge in [-0.15, -0.1) is 0 Å². The molecule has 0 atom stereocenters. The molecule has 3 rings (SSSR count). The summed E-state index contributed by atoms with van der Waals surface area (Å²) >= 11 is 0. The summed E-state index contributed by atoms with van der Waals surface area (Å²) in [6.45, 7) is 0.337. The first-order chi connectivity index (χ1) is 12.5. The molecular weight excluding hydrogens is 338 g/mol. The third-order valence-corrected chi connectivity index (χ3v) is 4.78. The van der Waals surface area contributed by atoms with Gasteiger partial charge in [-0.2, -0.15) is 0 Å². The van der Waals surface area contributed by atoms with E-state index in [4.69, 9.17) is 14.2 Å². The number of aromatic nitrogens is 1. The Morgan fingerprint density at radius 2 is 1.54 bits per heavy atom. The van der Waals surface area contributed by atoms with E-state index in [1.54, 1.807) is 48.1 Å². The van der Waals surface area contributed by atoms with Crippen LogP contribution in [0, 0.1) is 0 Å². The van der Waals surface area contributed by atoms with Gasteiger partial charge in [-0.25, -0.2) is 0 Å². The van der Waals surface area contributed by atoms with Gasteiger partial charge in [-0.3, -0.25) is 14.4 Å². The van der Waals surface area contributed by atoms with Crippen LogP contribution >= 0.6 is 0 Å². The van der Waals surface area contributed by atoms with Crippen LogP contribution in [-0.4, -0.2) is 43.6 Å². The molecule has 1 aromatic carbocycles. The summed E-state index contributed by atoms with van der Waals surface area (Å²) in [5.74, 6) is -0.934. The van der Waals surface area contributed by atoms with Crippen LogP contribution in [-0.2, 0) is 31.0 Å². The average molecular weight is 357 g/mol. The highest BCUT2D eigenvalue weighted by atomic mass is 16.5. The molecule has 0 radical (unpaired) electrons. The van der Waals surface area contributed by atoms with Crippen LogP contribution in [0.4, 0.5) is 0 Å². The van der Waals surface area contributed by atoms with Gasteiger partial charge < -0.3 is 18.8 Å². The first-order valence-corrected chi connectivity index (χ1v) is 8.05. The van der Waals surface area contributed by atoms with Gasteiger partial charge >= 0.3 is 11.9 Å². The standard InChI is InChI=1S/C19H19NO6/c1-24-13-6-4-12(5-7-13)16(21)14-8-9-15-19(17(22)25-2,18(23)26-3)10-11-20(14)15/h4-9H,10-11H2,1-3H3. The molecule has 0 saturated carbocycles. The normalized spacial score (nSPS) is 14.4. The zero-order valence-electron chi connectivity index (χ0n) is 14.8. The highest BCUT2D eigenvalue weighted by Gasteiger charge is 2.55. The van der Waals surface area contributed by atoms with Crippen LogP contribution in [0.25, 0.3) is 0 Å². The quantitative estimate of drug-likeness (QED) is 0.460. The third kappa shape index (κ3) is 2.47. The summed E-state index contributed by atoms with van der Waals surface area (Å²) in [7, 11) is 4.00. The van der Waals surface area contributed by atoms with E-state index in [2.05, 4.69) is 0 Å². The van der Waals surface area contributed by atoms with E-state index in [1.165, 1.54) is 14.2 Å². The molecule has 0 bridgehead atoms. The van der Waals surface area contributed by atoms with Crippen molar-refractivity contribution in [3.05, 3.63) is 53.3 Å². The molecule has 0 amide bonds.